The maximum atomic E-state index is 13.3. The van der Waals surface area contributed by atoms with Crippen molar-refractivity contribution in [3.05, 3.63) is 65.5 Å². The standard InChI is InChI=1S/C24H28N4O2S/c1-16-12-13-20(30-2)19(14-16)25-23(29)22(18-10-4-3-5-11-18)31-24-26-21(27-28-24)15-17-8-6-7-9-17/h3-5,10-14,17,22H,6-9,15H2,1-2H3,(H,25,29)(H,26,27,28). The number of amides is 1. The van der Waals surface area contributed by atoms with Crippen molar-refractivity contribution in [3.8, 4) is 5.75 Å². The topological polar surface area (TPSA) is 79.9 Å². The summed E-state index contributed by atoms with van der Waals surface area (Å²) in [5.41, 5.74) is 2.61. The van der Waals surface area contributed by atoms with Crippen LogP contribution in [0.1, 0.15) is 47.9 Å². The zero-order chi connectivity index (χ0) is 21.6. The van der Waals surface area contributed by atoms with Crippen LogP contribution in [-0.4, -0.2) is 28.2 Å². The highest BCUT2D eigenvalue weighted by molar-refractivity contribution is 8.00. The Morgan fingerprint density at radius 1 is 1.23 bits per heavy atom. The van der Waals surface area contributed by atoms with Gasteiger partial charge in [-0.15, -0.1) is 5.10 Å². The number of nitrogens with zero attached hydrogens (tertiary/aromatic N) is 2. The Morgan fingerprint density at radius 2 is 2.00 bits per heavy atom. The van der Waals surface area contributed by atoms with Gasteiger partial charge in [0.15, 0.2) is 0 Å². The highest BCUT2D eigenvalue weighted by atomic mass is 32.2. The van der Waals surface area contributed by atoms with Crippen molar-refractivity contribution in [2.75, 3.05) is 12.4 Å². The molecule has 2 N–H and O–H groups in total. The van der Waals surface area contributed by atoms with E-state index in [1.807, 2.05) is 55.5 Å². The summed E-state index contributed by atoms with van der Waals surface area (Å²) in [6.07, 6.45) is 6.06. The number of aromatic nitrogens is 3. The van der Waals surface area contributed by atoms with Crippen LogP contribution in [0.5, 0.6) is 5.75 Å². The number of thioether (sulfide) groups is 1. The molecule has 1 unspecified atom stereocenters. The van der Waals surface area contributed by atoms with Crippen molar-refractivity contribution < 1.29 is 9.53 Å². The third kappa shape index (κ3) is 5.47. The van der Waals surface area contributed by atoms with Crippen molar-refractivity contribution >= 4 is 23.4 Å². The lowest BCUT2D eigenvalue weighted by Gasteiger charge is -2.17. The number of hydrogen-bond donors (Lipinski definition) is 2. The number of aromatic amines is 1. The average molecular weight is 437 g/mol. The Balaban J connectivity index is 1.53. The first kappa shape index (κ1) is 21.4. The molecule has 6 nitrogen and oxygen atoms in total. The lowest BCUT2D eigenvalue weighted by Crippen LogP contribution is -2.19. The Kier molecular flexibility index (Phi) is 6.92. The van der Waals surface area contributed by atoms with Gasteiger partial charge in [0.05, 0.1) is 12.8 Å². The smallest absolute Gasteiger partial charge is 0.242 e. The monoisotopic (exact) mass is 436 g/mol. The molecule has 1 aliphatic rings. The summed E-state index contributed by atoms with van der Waals surface area (Å²) >= 11 is 1.36. The summed E-state index contributed by atoms with van der Waals surface area (Å²) in [7, 11) is 1.60. The molecule has 1 heterocycles. The second-order valence-corrected chi connectivity index (χ2v) is 9.09. The van der Waals surface area contributed by atoms with Gasteiger partial charge in [-0.2, -0.15) is 0 Å². The molecule has 7 heteroatoms. The second kappa shape index (κ2) is 10.0. The first-order valence-electron chi connectivity index (χ1n) is 10.7. The molecule has 3 aromatic rings. The molecule has 31 heavy (non-hydrogen) atoms. The molecule has 0 radical (unpaired) electrons. The van der Waals surface area contributed by atoms with Crippen molar-refractivity contribution in [2.24, 2.45) is 5.92 Å². The van der Waals surface area contributed by atoms with Crippen molar-refractivity contribution in [3.63, 3.8) is 0 Å². The number of ether oxygens (including phenoxy) is 1. The van der Waals surface area contributed by atoms with E-state index in [9.17, 15) is 4.79 Å². The highest BCUT2D eigenvalue weighted by Gasteiger charge is 2.25. The lowest BCUT2D eigenvalue weighted by atomic mass is 10.0. The number of aryl methyl sites for hydroxylation is 1. The molecule has 0 saturated heterocycles. The highest BCUT2D eigenvalue weighted by Crippen LogP contribution is 2.36. The van der Waals surface area contributed by atoms with Crippen molar-refractivity contribution in [1.29, 1.82) is 0 Å². The molecule has 162 valence electrons. The number of hydrogen-bond acceptors (Lipinski definition) is 5. The molecule has 1 aliphatic carbocycles. The molecule has 0 aliphatic heterocycles. The second-order valence-electron chi connectivity index (χ2n) is 8.02. The molecule has 4 rings (SSSR count). The Hall–Kier alpha value is -2.80. The van der Waals surface area contributed by atoms with Crippen molar-refractivity contribution in [1.82, 2.24) is 15.2 Å². The fraction of sp³-hybridized carbons (Fsp3) is 0.375. The zero-order valence-corrected chi connectivity index (χ0v) is 18.7. The first-order valence-corrected chi connectivity index (χ1v) is 11.6. The SMILES string of the molecule is COc1ccc(C)cc1NC(=O)C(Sc1n[nH]c(CC2CCCC2)n1)c1ccccc1. The summed E-state index contributed by atoms with van der Waals surface area (Å²) < 4.78 is 5.42. The van der Waals surface area contributed by atoms with Crippen LogP contribution in [0.4, 0.5) is 5.69 Å². The van der Waals surface area contributed by atoms with Crippen LogP contribution in [0.2, 0.25) is 0 Å². The number of benzene rings is 2. The minimum atomic E-state index is -0.485. The van der Waals surface area contributed by atoms with E-state index in [1.165, 1.54) is 37.4 Å². The number of methoxy groups -OCH3 is 1. The van der Waals surface area contributed by atoms with Gasteiger partial charge in [-0.25, -0.2) is 4.98 Å². The van der Waals surface area contributed by atoms with Gasteiger partial charge in [0, 0.05) is 6.42 Å². The van der Waals surface area contributed by atoms with E-state index in [2.05, 4.69) is 20.5 Å². The van der Waals surface area contributed by atoms with E-state index in [4.69, 9.17) is 4.74 Å². The van der Waals surface area contributed by atoms with E-state index in [1.54, 1.807) is 7.11 Å². The molecule has 1 atom stereocenters. The fourth-order valence-corrected chi connectivity index (χ4v) is 4.96. The van der Waals surface area contributed by atoms with Gasteiger partial charge in [-0.3, -0.25) is 9.89 Å². The van der Waals surface area contributed by atoms with Crippen LogP contribution in [0.3, 0.4) is 0 Å². The van der Waals surface area contributed by atoms with Gasteiger partial charge >= 0.3 is 0 Å². The van der Waals surface area contributed by atoms with Gasteiger partial charge < -0.3 is 10.1 Å². The molecule has 2 aromatic carbocycles. The fourth-order valence-electron chi connectivity index (χ4n) is 4.03. The molecule has 1 amide bonds. The molecule has 1 fully saturated rings. The molecule has 1 saturated carbocycles. The molecular weight excluding hydrogens is 408 g/mol. The lowest BCUT2D eigenvalue weighted by molar-refractivity contribution is -0.115. The van der Waals surface area contributed by atoms with Gasteiger partial charge in [0.25, 0.3) is 0 Å². The minimum absolute atomic E-state index is 0.137. The zero-order valence-electron chi connectivity index (χ0n) is 17.9. The van der Waals surface area contributed by atoms with E-state index in [0.717, 1.165) is 23.4 Å². The van der Waals surface area contributed by atoms with Crippen LogP contribution in [0, 0.1) is 12.8 Å². The van der Waals surface area contributed by atoms with Gasteiger partial charge in [0.2, 0.25) is 11.1 Å². The largest absolute Gasteiger partial charge is 0.495 e. The summed E-state index contributed by atoms with van der Waals surface area (Å²) in [5.74, 6) is 2.09. The summed E-state index contributed by atoms with van der Waals surface area (Å²) in [6.45, 7) is 1.98. The quantitative estimate of drug-likeness (QED) is 0.467. The van der Waals surface area contributed by atoms with Crippen LogP contribution in [0.25, 0.3) is 0 Å². The first-order chi connectivity index (χ1) is 15.1. The molecule has 0 spiro atoms. The molecule has 1 aromatic heterocycles. The van der Waals surface area contributed by atoms with Crippen molar-refractivity contribution in [2.45, 2.75) is 49.4 Å². The number of H-pyrrole nitrogens is 1. The van der Waals surface area contributed by atoms with Crippen LogP contribution < -0.4 is 10.1 Å². The van der Waals surface area contributed by atoms with Crippen LogP contribution >= 0.6 is 11.8 Å². The summed E-state index contributed by atoms with van der Waals surface area (Å²) in [6, 6.07) is 15.5. The third-order valence-electron chi connectivity index (χ3n) is 5.64. The predicted molar refractivity (Wildman–Crippen MR) is 123 cm³/mol. The molecule has 0 bridgehead atoms. The third-order valence-corrected chi connectivity index (χ3v) is 6.76. The van der Waals surface area contributed by atoms with Gasteiger partial charge in [-0.1, -0.05) is 73.8 Å². The summed E-state index contributed by atoms with van der Waals surface area (Å²) in [4.78, 5) is 18.0. The average Bonchev–Trinajstić information content (AvgIpc) is 3.45. The normalized spacial score (nSPS) is 15.0. The van der Waals surface area contributed by atoms with E-state index >= 15 is 0 Å². The number of rotatable bonds is 8. The minimum Gasteiger partial charge on any atom is -0.495 e. The number of carbonyl (C=O) groups is 1. The van der Waals surface area contributed by atoms with Gasteiger partial charge in [-0.05, 0) is 36.1 Å². The van der Waals surface area contributed by atoms with E-state index < -0.39 is 5.25 Å². The Labute approximate surface area is 187 Å². The van der Waals surface area contributed by atoms with E-state index in [-0.39, 0.29) is 5.91 Å². The van der Waals surface area contributed by atoms with Gasteiger partial charge in [0.1, 0.15) is 16.8 Å². The number of carbonyl (C=O) groups excluding carboxylic acids is 1. The van der Waals surface area contributed by atoms with E-state index in [0.29, 0.717) is 22.5 Å². The number of anilines is 1. The maximum Gasteiger partial charge on any atom is 0.242 e. The Bertz CT molecular complexity index is 1020. The maximum absolute atomic E-state index is 13.3. The summed E-state index contributed by atoms with van der Waals surface area (Å²) in [5, 5.41) is 10.6. The molecular formula is C24H28N4O2S. The van der Waals surface area contributed by atoms with Crippen LogP contribution in [0.15, 0.2) is 53.7 Å². The Morgan fingerprint density at radius 3 is 2.74 bits per heavy atom. The number of nitrogens with one attached hydrogen (secondary N) is 2. The predicted octanol–water partition coefficient (Wildman–Crippen LogP) is 5.33. The van der Waals surface area contributed by atoms with Crippen LogP contribution in [-0.2, 0) is 11.2 Å².